The number of hydrogen-bond acceptors (Lipinski definition) is 3. The number of fused-ring (bicyclic) bond motifs is 1. The maximum Gasteiger partial charge on any atom is 0.410 e. The highest BCUT2D eigenvalue weighted by molar-refractivity contribution is 9.10. The number of amides is 1. The molecule has 1 amide bonds. The lowest BCUT2D eigenvalue weighted by atomic mass is 10.1. The maximum atomic E-state index is 12.6. The molecule has 0 radical (unpaired) electrons. The Morgan fingerprint density at radius 3 is 2.89 bits per heavy atom. The quantitative estimate of drug-likeness (QED) is 0.525. The number of likely N-dealkylation sites (tertiary alicyclic amines) is 1. The first-order chi connectivity index (χ1) is 13.3. The molecule has 0 bridgehead atoms. The van der Waals surface area contributed by atoms with E-state index in [2.05, 4.69) is 50.2 Å². The number of carbonyl (C=O) groups is 1. The Labute approximate surface area is 173 Å². The summed E-state index contributed by atoms with van der Waals surface area (Å²) in [5, 5.41) is 2.34. The van der Waals surface area contributed by atoms with Crippen LogP contribution in [-0.2, 0) is 4.74 Å². The van der Waals surface area contributed by atoms with Crippen LogP contribution in [0.5, 0.6) is 0 Å². The number of hydrogen-bond donors (Lipinski definition) is 1. The average Bonchev–Trinajstić information content (AvgIpc) is 3.29. The Bertz CT molecular complexity index is 1020. The highest BCUT2D eigenvalue weighted by Gasteiger charge is 2.34. The lowest BCUT2D eigenvalue weighted by molar-refractivity contribution is 0.0219. The van der Waals surface area contributed by atoms with Gasteiger partial charge in [0.1, 0.15) is 11.4 Å². The van der Waals surface area contributed by atoms with Crippen LogP contribution in [0.15, 0.2) is 47.1 Å². The third-order valence-corrected chi connectivity index (χ3v) is 5.62. The van der Waals surface area contributed by atoms with Crippen molar-refractivity contribution in [3.63, 3.8) is 0 Å². The van der Waals surface area contributed by atoms with E-state index in [-0.39, 0.29) is 12.1 Å². The number of aromatic nitrogens is 2. The fraction of sp³-hybridized carbons (Fsp3) is 0.364. The number of aromatic amines is 1. The predicted molar refractivity (Wildman–Crippen MR) is 114 cm³/mol. The second kappa shape index (κ2) is 7.24. The molecule has 1 N–H and O–H groups in total. The summed E-state index contributed by atoms with van der Waals surface area (Å²) in [5.41, 5.74) is 1.52. The van der Waals surface area contributed by atoms with Gasteiger partial charge in [-0.3, -0.25) is 4.90 Å². The molecule has 1 aliphatic heterocycles. The molecule has 6 heteroatoms. The number of nitrogens with zero attached hydrogens (tertiary/aromatic N) is 2. The highest BCUT2D eigenvalue weighted by Crippen LogP contribution is 2.33. The van der Waals surface area contributed by atoms with Gasteiger partial charge in [-0.05, 0) is 56.5 Å². The van der Waals surface area contributed by atoms with Crippen molar-refractivity contribution in [2.24, 2.45) is 0 Å². The standard InChI is InChI=1S/C22H24BrN3O2/c1-22(2,3)28-21(27)26-11-5-8-19(26)20-24-13-18(25-20)15-9-10-16-14(12-15)6-4-7-17(16)23/h4,6-7,9-10,12-13,19H,5,8,11H2,1-3H3,(H,24,25)/t19-/m0/s1. The minimum Gasteiger partial charge on any atom is -0.444 e. The summed E-state index contributed by atoms with van der Waals surface area (Å²) in [5.74, 6) is 0.813. The molecule has 1 fully saturated rings. The third-order valence-electron chi connectivity index (χ3n) is 4.93. The van der Waals surface area contributed by atoms with Crippen molar-refractivity contribution in [1.29, 1.82) is 0 Å². The molecule has 0 saturated carbocycles. The molecule has 0 spiro atoms. The van der Waals surface area contributed by atoms with E-state index >= 15 is 0 Å². The SMILES string of the molecule is CC(C)(C)OC(=O)N1CCC[C@H]1c1ncc(-c2ccc3c(Br)cccc3c2)[nH]1. The summed E-state index contributed by atoms with van der Waals surface area (Å²) >= 11 is 3.60. The van der Waals surface area contributed by atoms with Gasteiger partial charge in [0.15, 0.2) is 0 Å². The van der Waals surface area contributed by atoms with Gasteiger partial charge in [-0.25, -0.2) is 9.78 Å². The van der Waals surface area contributed by atoms with Crippen LogP contribution >= 0.6 is 15.9 Å². The van der Waals surface area contributed by atoms with Crippen LogP contribution in [0.1, 0.15) is 45.5 Å². The second-order valence-corrected chi connectivity index (χ2v) is 9.04. The van der Waals surface area contributed by atoms with Crippen molar-refractivity contribution in [3.8, 4) is 11.3 Å². The van der Waals surface area contributed by atoms with Crippen LogP contribution in [0.25, 0.3) is 22.0 Å². The van der Waals surface area contributed by atoms with Gasteiger partial charge in [0, 0.05) is 16.6 Å². The molecule has 4 rings (SSSR count). The second-order valence-electron chi connectivity index (χ2n) is 8.19. The molecule has 1 aromatic heterocycles. The topological polar surface area (TPSA) is 58.2 Å². The minimum atomic E-state index is -0.502. The zero-order valence-corrected chi connectivity index (χ0v) is 17.9. The fourth-order valence-corrected chi connectivity index (χ4v) is 4.17. The lowest BCUT2D eigenvalue weighted by Crippen LogP contribution is -2.36. The van der Waals surface area contributed by atoms with Crippen LogP contribution in [0.3, 0.4) is 0 Å². The van der Waals surface area contributed by atoms with Crippen LogP contribution in [-0.4, -0.2) is 33.1 Å². The number of ether oxygens (including phenoxy) is 1. The van der Waals surface area contributed by atoms with Gasteiger partial charge in [0.2, 0.25) is 0 Å². The number of rotatable bonds is 2. The Kier molecular flexibility index (Phi) is 4.91. The molecule has 0 aliphatic carbocycles. The molecule has 3 aromatic rings. The zero-order valence-electron chi connectivity index (χ0n) is 16.3. The number of halogens is 1. The van der Waals surface area contributed by atoms with Crippen LogP contribution in [0.2, 0.25) is 0 Å². The molecular formula is C22H24BrN3O2. The number of nitrogens with one attached hydrogen (secondary N) is 1. The van der Waals surface area contributed by atoms with Gasteiger partial charge >= 0.3 is 6.09 Å². The first kappa shape index (κ1) is 19.0. The summed E-state index contributed by atoms with van der Waals surface area (Å²) < 4.78 is 6.65. The van der Waals surface area contributed by atoms with Crippen molar-refractivity contribution < 1.29 is 9.53 Å². The third kappa shape index (κ3) is 3.78. The van der Waals surface area contributed by atoms with E-state index in [0.717, 1.165) is 34.4 Å². The van der Waals surface area contributed by atoms with Gasteiger partial charge in [-0.15, -0.1) is 0 Å². The minimum absolute atomic E-state index is 0.0711. The fourth-order valence-electron chi connectivity index (χ4n) is 3.65. The summed E-state index contributed by atoms with van der Waals surface area (Å²) in [4.78, 5) is 22.4. The molecule has 2 aromatic carbocycles. The average molecular weight is 442 g/mol. The van der Waals surface area contributed by atoms with E-state index in [4.69, 9.17) is 4.74 Å². The molecular weight excluding hydrogens is 418 g/mol. The van der Waals surface area contributed by atoms with Crippen LogP contribution in [0, 0.1) is 0 Å². The van der Waals surface area contributed by atoms with Crippen LogP contribution in [0.4, 0.5) is 4.79 Å². The number of carbonyl (C=O) groups excluding carboxylic acids is 1. The van der Waals surface area contributed by atoms with Crippen molar-refractivity contribution in [2.75, 3.05) is 6.54 Å². The Morgan fingerprint density at radius 1 is 1.29 bits per heavy atom. The summed E-state index contributed by atoms with van der Waals surface area (Å²) in [6.07, 6.45) is 3.41. The summed E-state index contributed by atoms with van der Waals surface area (Å²) in [6, 6.07) is 12.5. The normalized spacial score (nSPS) is 17.3. The number of benzene rings is 2. The van der Waals surface area contributed by atoms with Crippen molar-refractivity contribution in [1.82, 2.24) is 14.9 Å². The predicted octanol–water partition coefficient (Wildman–Crippen LogP) is 6.06. The maximum absolute atomic E-state index is 12.6. The van der Waals surface area contributed by atoms with Crippen molar-refractivity contribution in [3.05, 3.63) is 52.9 Å². The van der Waals surface area contributed by atoms with Crippen molar-refractivity contribution in [2.45, 2.75) is 45.3 Å². The molecule has 146 valence electrons. The van der Waals surface area contributed by atoms with E-state index in [1.165, 1.54) is 10.8 Å². The Morgan fingerprint density at radius 2 is 2.11 bits per heavy atom. The smallest absolute Gasteiger partial charge is 0.410 e. The molecule has 2 heterocycles. The molecule has 1 aliphatic rings. The number of imidazole rings is 1. The molecule has 0 unspecified atom stereocenters. The zero-order chi connectivity index (χ0) is 19.9. The lowest BCUT2D eigenvalue weighted by Gasteiger charge is -2.27. The van der Waals surface area contributed by atoms with Gasteiger partial charge in [-0.2, -0.15) is 0 Å². The first-order valence-corrected chi connectivity index (χ1v) is 10.3. The largest absolute Gasteiger partial charge is 0.444 e. The van der Waals surface area contributed by atoms with Gasteiger partial charge < -0.3 is 9.72 Å². The van der Waals surface area contributed by atoms with E-state index in [1.54, 1.807) is 4.90 Å². The Balaban J connectivity index is 1.59. The van der Waals surface area contributed by atoms with Gasteiger partial charge in [0.25, 0.3) is 0 Å². The molecule has 28 heavy (non-hydrogen) atoms. The molecule has 1 saturated heterocycles. The summed E-state index contributed by atoms with van der Waals surface area (Å²) in [6.45, 7) is 6.36. The molecule has 1 atom stereocenters. The van der Waals surface area contributed by atoms with Gasteiger partial charge in [0.05, 0.1) is 17.9 Å². The number of H-pyrrole nitrogens is 1. The first-order valence-electron chi connectivity index (χ1n) is 9.55. The van der Waals surface area contributed by atoms with E-state index in [9.17, 15) is 4.79 Å². The highest BCUT2D eigenvalue weighted by atomic mass is 79.9. The summed E-state index contributed by atoms with van der Waals surface area (Å²) in [7, 11) is 0. The Hall–Kier alpha value is -2.34. The van der Waals surface area contributed by atoms with Crippen LogP contribution < -0.4 is 0 Å². The van der Waals surface area contributed by atoms with E-state index in [1.807, 2.05) is 39.1 Å². The monoisotopic (exact) mass is 441 g/mol. The van der Waals surface area contributed by atoms with E-state index in [0.29, 0.717) is 6.54 Å². The van der Waals surface area contributed by atoms with Gasteiger partial charge in [-0.1, -0.05) is 40.2 Å². The van der Waals surface area contributed by atoms with E-state index < -0.39 is 5.60 Å². The molecule has 5 nitrogen and oxygen atoms in total. The van der Waals surface area contributed by atoms with Crippen molar-refractivity contribution >= 4 is 32.8 Å².